The van der Waals surface area contributed by atoms with Crippen molar-refractivity contribution in [1.82, 2.24) is 4.98 Å². The Kier molecular flexibility index (Phi) is 2.82. The molecule has 96 valence electrons. The first-order valence-corrected chi connectivity index (χ1v) is 6.51. The maximum atomic E-state index is 11.5. The molecule has 3 nitrogen and oxygen atoms in total. The maximum Gasteiger partial charge on any atom is 0.250 e. The van der Waals surface area contributed by atoms with Crippen molar-refractivity contribution in [3.63, 3.8) is 0 Å². The smallest absolute Gasteiger partial charge is 0.250 e. The van der Waals surface area contributed by atoms with Gasteiger partial charge in [-0.2, -0.15) is 0 Å². The number of rotatable bonds is 2. The summed E-state index contributed by atoms with van der Waals surface area (Å²) < 4.78 is 0. The minimum absolute atomic E-state index is 0.193. The number of benzene rings is 1. The molecular formula is C16H16N2O. The number of primary amides is 1. The topological polar surface area (TPSA) is 56.0 Å². The fraction of sp³-hybridized carbons (Fsp3) is 0.250. The van der Waals surface area contributed by atoms with Gasteiger partial charge >= 0.3 is 0 Å². The number of nitrogens with zero attached hydrogens (tertiary/aromatic N) is 1. The molecule has 19 heavy (non-hydrogen) atoms. The Hall–Kier alpha value is -2.16. The highest BCUT2D eigenvalue weighted by Crippen LogP contribution is 2.39. The molecular weight excluding hydrogens is 236 g/mol. The van der Waals surface area contributed by atoms with E-state index >= 15 is 0 Å². The highest BCUT2D eigenvalue weighted by molar-refractivity contribution is 5.94. The van der Waals surface area contributed by atoms with E-state index in [1.165, 1.54) is 16.7 Å². The van der Waals surface area contributed by atoms with E-state index in [4.69, 9.17) is 5.73 Å². The largest absolute Gasteiger partial charge is 0.366 e. The van der Waals surface area contributed by atoms with Gasteiger partial charge in [0.1, 0.15) is 0 Å². The molecule has 0 radical (unpaired) electrons. The van der Waals surface area contributed by atoms with Gasteiger partial charge in [-0.1, -0.05) is 18.2 Å². The number of pyridine rings is 1. The van der Waals surface area contributed by atoms with Gasteiger partial charge in [-0.15, -0.1) is 0 Å². The summed E-state index contributed by atoms with van der Waals surface area (Å²) in [6.45, 7) is 2.13. The van der Waals surface area contributed by atoms with Crippen molar-refractivity contribution in [1.29, 1.82) is 0 Å². The summed E-state index contributed by atoms with van der Waals surface area (Å²) in [7, 11) is 0. The lowest BCUT2D eigenvalue weighted by Crippen LogP contribution is -2.16. The van der Waals surface area contributed by atoms with Crippen LogP contribution in [0.1, 0.15) is 45.1 Å². The summed E-state index contributed by atoms with van der Waals surface area (Å²) in [5.41, 5.74) is 10.8. The van der Waals surface area contributed by atoms with Crippen LogP contribution < -0.4 is 5.73 Å². The molecule has 1 heterocycles. The number of carbonyl (C=O) groups excluding carboxylic acids is 1. The van der Waals surface area contributed by atoms with Gasteiger partial charge in [0.25, 0.3) is 5.91 Å². The van der Waals surface area contributed by atoms with Gasteiger partial charge < -0.3 is 5.73 Å². The number of aryl methyl sites for hydroxylation is 1. The van der Waals surface area contributed by atoms with Crippen LogP contribution in [0.4, 0.5) is 0 Å². The normalized spacial score (nSPS) is 17.2. The molecule has 0 unspecified atom stereocenters. The molecule has 2 aromatic rings. The third kappa shape index (κ3) is 1.91. The Labute approximate surface area is 112 Å². The number of nitrogens with two attached hydrogens (primary N) is 1. The van der Waals surface area contributed by atoms with Crippen LogP contribution in [0.15, 0.2) is 36.5 Å². The van der Waals surface area contributed by atoms with E-state index in [9.17, 15) is 4.79 Å². The number of hydrogen-bond donors (Lipinski definition) is 1. The molecule has 1 aromatic carbocycles. The predicted molar refractivity (Wildman–Crippen MR) is 74.1 cm³/mol. The van der Waals surface area contributed by atoms with E-state index in [-0.39, 0.29) is 5.92 Å². The van der Waals surface area contributed by atoms with Gasteiger partial charge in [0.05, 0.1) is 11.3 Å². The molecule has 3 rings (SSSR count). The maximum absolute atomic E-state index is 11.5. The van der Waals surface area contributed by atoms with Crippen LogP contribution in [0.5, 0.6) is 0 Å². The lowest BCUT2D eigenvalue weighted by molar-refractivity contribution is 0.0998. The van der Waals surface area contributed by atoms with Crippen molar-refractivity contribution in [2.45, 2.75) is 25.7 Å². The Bertz CT molecular complexity index is 649. The molecule has 1 amide bonds. The first-order chi connectivity index (χ1) is 9.18. The lowest BCUT2D eigenvalue weighted by atomic mass is 9.93. The molecule has 3 heteroatoms. The molecule has 0 fully saturated rings. The SMILES string of the molecule is Cc1cccc2c1CC[C@H]2c1ncccc1C(N)=O. The fourth-order valence-electron chi connectivity index (χ4n) is 3.02. The predicted octanol–water partition coefficient (Wildman–Crippen LogP) is 2.57. The monoisotopic (exact) mass is 252 g/mol. The van der Waals surface area contributed by atoms with Crippen molar-refractivity contribution in [3.05, 3.63) is 64.5 Å². The van der Waals surface area contributed by atoms with Crippen LogP contribution in [0.3, 0.4) is 0 Å². The minimum atomic E-state index is -0.399. The Morgan fingerprint density at radius 2 is 2.16 bits per heavy atom. The van der Waals surface area contributed by atoms with Crippen molar-refractivity contribution in [2.24, 2.45) is 5.73 Å². The van der Waals surface area contributed by atoms with Gasteiger partial charge in [0.15, 0.2) is 0 Å². The Morgan fingerprint density at radius 1 is 1.32 bits per heavy atom. The lowest BCUT2D eigenvalue weighted by Gasteiger charge is -2.14. The van der Waals surface area contributed by atoms with E-state index in [1.54, 1.807) is 18.3 Å². The summed E-state index contributed by atoms with van der Waals surface area (Å²) in [4.78, 5) is 15.9. The average Bonchev–Trinajstić information content (AvgIpc) is 2.84. The van der Waals surface area contributed by atoms with Crippen LogP contribution >= 0.6 is 0 Å². The molecule has 0 aliphatic heterocycles. The molecule has 0 saturated carbocycles. The number of carbonyl (C=O) groups is 1. The van der Waals surface area contributed by atoms with Gasteiger partial charge in [-0.25, -0.2) is 0 Å². The van der Waals surface area contributed by atoms with E-state index in [1.807, 2.05) is 0 Å². The summed E-state index contributed by atoms with van der Waals surface area (Å²) in [5, 5.41) is 0. The van der Waals surface area contributed by atoms with Crippen LogP contribution in [0.2, 0.25) is 0 Å². The molecule has 1 aromatic heterocycles. The quantitative estimate of drug-likeness (QED) is 0.893. The fourth-order valence-corrected chi connectivity index (χ4v) is 3.02. The van der Waals surface area contributed by atoms with Gasteiger partial charge in [0.2, 0.25) is 0 Å². The Balaban J connectivity index is 2.12. The van der Waals surface area contributed by atoms with Crippen LogP contribution in [-0.4, -0.2) is 10.9 Å². The minimum Gasteiger partial charge on any atom is -0.366 e. The number of fused-ring (bicyclic) bond motifs is 1. The average molecular weight is 252 g/mol. The second-order valence-corrected chi connectivity index (χ2v) is 5.03. The Morgan fingerprint density at radius 3 is 2.95 bits per heavy atom. The summed E-state index contributed by atoms with van der Waals surface area (Å²) in [6, 6.07) is 9.86. The molecule has 0 bridgehead atoms. The van der Waals surface area contributed by atoms with Crippen molar-refractivity contribution < 1.29 is 4.79 Å². The van der Waals surface area contributed by atoms with Gasteiger partial charge in [0, 0.05) is 12.1 Å². The molecule has 1 aliphatic carbocycles. The van der Waals surface area contributed by atoms with E-state index in [0.717, 1.165) is 18.5 Å². The number of hydrogen-bond acceptors (Lipinski definition) is 2. The second kappa shape index (κ2) is 4.50. The van der Waals surface area contributed by atoms with Crippen LogP contribution in [0.25, 0.3) is 0 Å². The van der Waals surface area contributed by atoms with Crippen LogP contribution in [-0.2, 0) is 6.42 Å². The van der Waals surface area contributed by atoms with Crippen molar-refractivity contribution >= 4 is 5.91 Å². The summed E-state index contributed by atoms with van der Waals surface area (Å²) in [6.07, 6.45) is 3.77. The number of aromatic nitrogens is 1. The summed E-state index contributed by atoms with van der Waals surface area (Å²) >= 11 is 0. The molecule has 1 atom stereocenters. The van der Waals surface area contributed by atoms with Crippen molar-refractivity contribution in [2.75, 3.05) is 0 Å². The standard InChI is InChI=1S/C16H16N2O/c1-10-4-2-5-12-11(10)7-8-13(12)15-14(16(17)19)6-3-9-18-15/h2-6,9,13H,7-8H2,1H3,(H2,17,19)/t13-/m1/s1. The molecule has 0 spiro atoms. The third-order valence-corrected chi connectivity index (χ3v) is 3.94. The molecule has 0 saturated heterocycles. The zero-order chi connectivity index (χ0) is 13.4. The van der Waals surface area contributed by atoms with E-state index < -0.39 is 5.91 Å². The number of amides is 1. The van der Waals surface area contributed by atoms with E-state index in [2.05, 4.69) is 30.1 Å². The van der Waals surface area contributed by atoms with Gasteiger partial charge in [-0.3, -0.25) is 9.78 Å². The first-order valence-electron chi connectivity index (χ1n) is 6.51. The van der Waals surface area contributed by atoms with E-state index in [0.29, 0.717) is 5.56 Å². The van der Waals surface area contributed by atoms with Crippen LogP contribution in [0, 0.1) is 6.92 Å². The highest BCUT2D eigenvalue weighted by atomic mass is 16.1. The zero-order valence-electron chi connectivity index (χ0n) is 10.9. The molecule has 1 aliphatic rings. The third-order valence-electron chi connectivity index (χ3n) is 3.94. The zero-order valence-corrected chi connectivity index (χ0v) is 10.9. The highest BCUT2D eigenvalue weighted by Gasteiger charge is 2.28. The second-order valence-electron chi connectivity index (χ2n) is 5.03. The first kappa shape index (κ1) is 11.9. The molecule has 2 N–H and O–H groups in total. The van der Waals surface area contributed by atoms with Gasteiger partial charge in [-0.05, 0) is 48.6 Å². The van der Waals surface area contributed by atoms with Crippen molar-refractivity contribution in [3.8, 4) is 0 Å². The summed E-state index contributed by atoms with van der Waals surface area (Å²) in [5.74, 6) is -0.206.